The van der Waals surface area contributed by atoms with Gasteiger partial charge in [-0.2, -0.15) is 5.26 Å². The molecule has 2 atom stereocenters. The van der Waals surface area contributed by atoms with E-state index in [1.807, 2.05) is 49.3 Å². The molecule has 1 aromatic heterocycles. The fraction of sp³-hybridized carbons (Fsp3) is 0.357. The van der Waals surface area contributed by atoms with Crippen LogP contribution in [0.4, 0.5) is 11.6 Å². The second-order valence-corrected chi connectivity index (χ2v) is 11.7. The van der Waals surface area contributed by atoms with E-state index in [0.29, 0.717) is 42.6 Å². The number of hydrogen-bond acceptors (Lipinski definition) is 10. The van der Waals surface area contributed by atoms with E-state index in [-0.39, 0.29) is 24.7 Å². The van der Waals surface area contributed by atoms with E-state index in [0.717, 1.165) is 28.2 Å². The van der Waals surface area contributed by atoms with Crippen LogP contribution in [0.25, 0.3) is 11.3 Å². The van der Waals surface area contributed by atoms with Crippen molar-refractivity contribution < 1.29 is 17.9 Å². The highest BCUT2D eigenvalue weighted by Crippen LogP contribution is 2.26. The Labute approximate surface area is 240 Å². The minimum Gasteiger partial charge on any atom is -0.369 e. The maximum Gasteiger partial charge on any atom is 0.251 e. The van der Waals surface area contributed by atoms with E-state index in [4.69, 9.17) is 10.00 Å². The Balaban J connectivity index is 1.37. The normalized spacial score (nSPS) is 17.0. The number of amides is 1. The van der Waals surface area contributed by atoms with Crippen LogP contribution in [0.3, 0.4) is 0 Å². The summed E-state index contributed by atoms with van der Waals surface area (Å²) in [6, 6.07) is 17.9. The Bertz CT molecular complexity index is 1480. The van der Waals surface area contributed by atoms with Gasteiger partial charge in [0.1, 0.15) is 12.7 Å². The molecule has 216 valence electrons. The third-order valence-electron chi connectivity index (χ3n) is 6.44. The molecule has 1 amide bonds. The van der Waals surface area contributed by atoms with Gasteiger partial charge in [-0.1, -0.05) is 30.3 Å². The number of morpholine rings is 1. The van der Waals surface area contributed by atoms with Crippen molar-refractivity contribution in [3.8, 4) is 17.3 Å². The van der Waals surface area contributed by atoms with Crippen molar-refractivity contribution in [2.45, 2.75) is 12.3 Å². The number of carbonyl (C=O) groups excluding carboxylic acids is 1. The molecule has 0 radical (unpaired) electrons. The van der Waals surface area contributed by atoms with Crippen LogP contribution in [0.2, 0.25) is 0 Å². The molecule has 2 heterocycles. The summed E-state index contributed by atoms with van der Waals surface area (Å²) in [5, 5.41) is 18.6. The first kappa shape index (κ1) is 29.9. The van der Waals surface area contributed by atoms with Crippen molar-refractivity contribution >= 4 is 27.6 Å². The highest BCUT2D eigenvalue weighted by molar-refractivity contribution is 7.92. The second-order valence-electron chi connectivity index (χ2n) is 9.81. The van der Waals surface area contributed by atoms with Gasteiger partial charge >= 0.3 is 0 Å². The van der Waals surface area contributed by atoms with Gasteiger partial charge in [0.25, 0.3) is 5.91 Å². The van der Waals surface area contributed by atoms with E-state index in [1.165, 1.54) is 0 Å². The van der Waals surface area contributed by atoms with Crippen molar-refractivity contribution in [1.82, 2.24) is 25.5 Å². The zero-order valence-corrected chi connectivity index (χ0v) is 24.1. The Morgan fingerprint density at radius 2 is 1.93 bits per heavy atom. The molecule has 0 bridgehead atoms. The lowest BCUT2D eigenvalue weighted by Crippen LogP contribution is -2.48. The van der Waals surface area contributed by atoms with Gasteiger partial charge in [-0.15, -0.1) is 0 Å². The molecule has 1 aliphatic heterocycles. The number of hydrogen-bond donors (Lipinski definition) is 3. The SMILES string of the molecule is CN(C)CCNC(=O)c1ccccc1C1CNC(Nc2nccc(-c3ccc(N(CC#N)S(C)(=O)=O)cc3)n2)CO1. The van der Waals surface area contributed by atoms with Crippen LogP contribution in [-0.4, -0.2) is 88.5 Å². The smallest absolute Gasteiger partial charge is 0.251 e. The van der Waals surface area contributed by atoms with E-state index < -0.39 is 10.0 Å². The Hall–Kier alpha value is -4.09. The Kier molecular flexibility index (Phi) is 9.85. The minimum atomic E-state index is -3.58. The number of nitriles is 1. The van der Waals surface area contributed by atoms with Crippen molar-refractivity contribution in [2.75, 3.05) is 62.8 Å². The van der Waals surface area contributed by atoms with Gasteiger partial charge in [-0.05, 0) is 43.9 Å². The largest absolute Gasteiger partial charge is 0.369 e. The third-order valence-corrected chi connectivity index (χ3v) is 7.58. The van der Waals surface area contributed by atoms with Crippen molar-refractivity contribution in [2.24, 2.45) is 0 Å². The lowest BCUT2D eigenvalue weighted by molar-refractivity contribution is 0.00824. The number of rotatable bonds is 11. The molecule has 3 aromatic rings. The highest BCUT2D eigenvalue weighted by atomic mass is 32.2. The number of anilines is 2. The Morgan fingerprint density at radius 3 is 2.59 bits per heavy atom. The summed E-state index contributed by atoms with van der Waals surface area (Å²) in [4.78, 5) is 23.7. The molecular formula is C28H34N8O4S. The monoisotopic (exact) mass is 578 g/mol. The van der Waals surface area contributed by atoms with Gasteiger partial charge in [0, 0.05) is 37.0 Å². The molecule has 0 aliphatic carbocycles. The summed E-state index contributed by atoms with van der Waals surface area (Å²) in [7, 11) is 0.336. The summed E-state index contributed by atoms with van der Waals surface area (Å²) in [6.45, 7) is 1.84. The number of ether oxygens (including phenoxy) is 1. The molecule has 0 saturated carbocycles. The third kappa shape index (κ3) is 7.99. The molecule has 4 rings (SSSR count). The van der Waals surface area contributed by atoms with E-state index in [9.17, 15) is 13.2 Å². The van der Waals surface area contributed by atoms with Crippen LogP contribution < -0.4 is 20.3 Å². The zero-order valence-electron chi connectivity index (χ0n) is 23.2. The topological polar surface area (TPSA) is 153 Å². The quantitative estimate of drug-likeness (QED) is 0.287. The van der Waals surface area contributed by atoms with Crippen molar-refractivity contribution in [3.63, 3.8) is 0 Å². The summed E-state index contributed by atoms with van der Waals surface area (Å²) in [5.74, 6) is 0.271. The zero-order chi connectivity index (χ0) is 29.4. The number of nitrogens with zero attached hydrogens (tertiary/aromatic N) is 5. The van der Waals surface area contributed by atoms with Crippen LogP contribution in [0.1, 0.15) is 22.0 Å². The van der Waals surface area contributed by atoms with Crippen molar-refractivity contribution in [1.29, 1.82) is 5.26 Å². The van der Waals surface area contributed by atoms with Crippen LogP contribution in [-0.2, 0) is 14.8 Å². The molecule has 41 heavy (non-hydrogen) atoms. The molecular weight excluding hydrogens is 544 g/mol. The maximum absolute atomic E-state index is 12.8. The van der Waals surface area contributed by atoms with E-state index in [2.05, 4.69) is 25.9 Å². The van der Waals surface area contributed by atoms with Gasteiger partial charge < -0.3 is 20.3 Å². The van der Waals surface area contributed by atoms with E-state index in [1.54, 1.807) is 36.5 Å². The number of carbonyl (C=O) groups is 1. The van der Waals surface area contributed by atoms with Gasteiger partial charge in [0.2, 0.25) is 16.0 Å². The molecule has 1 fully saturated rings. The number of nitrogens with one attached hydrogen (secondary N) is 3. The van der Waals surface area contributed by atoms with Crippen molar-refractivity contribution in [3.05, 3.63) is 71.9 Å². The number of likely N-dealkylation sites (N-methyl/N-ethyl adjacent to an activating group) is 1. The molecule has 0 spiro atoms. The average Bonchev–Trinajstić information content (AvgIpc) is 2.96. The summed E-state index contributed by atoms with van der Waals surface area (Å²) in [5.41, 5.74) is 3.23. The number of sulfonamides is 1. The summed E-state index contributed by atoms with van der Waals surface area (Å²) in [6.07, 6.45) is 2.16. The summed E-state index contributed by atoms with van der Waals surface area (Å²) < 4.78 is 31.2. The molecule has 1 aliphatic rings. The standard InChI is InChI=1S/C28H34N8O4S/c1-35(2)17-15-30-27(37)23-7-5-4-6-22(23)25-18-32-26(19-40-25)34-28-31-14-12-24(33-28)20-8-10-21(11-9-20)36(16-13-29)41(3,38)39/h4-12,14,25-26,32H,15-19H2,1-3H3,(H,30,37)(H,31,33,34). The van der Waals surface area contributed by atoms with Crippen LogP contribution >= 0.6 is 0 Å². The minimum absolute atomic E-state index is 0.126. The first-order chi connectivity index (χ1) is 19.7. The van der Waals surface area contributed by atoms with E-state index >= 15 is 0 Å². The predicted molar refractivity (Wildman–Crippen MR) is 157 cm³/mol. The molecule has 2 aromatic carbocycles. The first-order valence-electron chi connectivity index (χ1n) is 13.1. The molecule has 13 heteroatoms. The first-order valence-corrected chi connectivity index (χ1v) is 14.9. The van der Waals surface area contributed by atoms with Gasteiger partial charge in [0.15, 0.2) is 0 Å². The van der Waals surface area contributed by atoms with Gasteiger partial charge in [-0.25, -0.2) is 18.4 Å². The van der Waals surface area contributed by atoms with Gasteiger partial charge in [0.05, 0.1) is 36.4 Å². The molecule has 3 N–H and O–H groups in total. The highest BCUT2D eigenvalue weighted by Gasteiger charge is 2.26. The second kappa shape index (κ2) is 13.5. The lowest BCUT2D eigenvalue weighted by atomic mass is 10.0. The Morgan fingerprint density at radius 1 is 1.17 bits per heavy atom. The fourth-order valence-electron chi connectivity index (χ4n) is 4.35. The lowest BCUT2D eigenvalue weighted by Gasteiger charge is -2.32. The number of benzene rings is 2. The van der Waals surface area contributed by atoms with Crippen LogP contribution in [0.5, 0.6) is 0 Å². The fourth-order valence-corrected chi connectivity index (χ4v) is 5.15. The number of aromatic nitrogens is 2. The summed E-state index contributed by atoms with van der Waals surface area (Å²) >= 11 is 0. The van der Waals surface area contributed by atoms with Crippen LogP contribution in [0.15, 0.2) is 60.8 Å². The van der Waals surface area contributed by atoms with Gasteiger partial charge in [-0.3, -0.25) is 14.4 Å². The average molecular weight is 579 g/mol. The molecule has 12 nitrogen and oxygen atoms in total. The maximum atomic E-state index is 12.8. The molecule has 1 saturated heterocycles. The molecule has 2 unspecified atom stereocenters. The van der Waals surface area contributed by atoms with Crippen LogP contribution in [0, 0.1) is 11.3 Å². The predicted octanol–water partition coefficient (Wildman–Crippen LogP) is 1.82.